The van der Waals surface area contributed by atoms with E-state index in [0.717, 1.165) is 148 Å². The molecule has 0 unspecified atom stereocenters. The van der Waals surface area contributed by atoms with Gasteiger partial charge in [-0.3, -0.25) is 14.4 Å². The Balaban J connectivity index is 0.000000217. The summed E-state index contributed by atoms with van der Waals surface area (Å²) < 4.78 is 32.0. The van der Waals surface area contributed by atoms with Crippen molar-refractivity contribution in [1.29, 1.82) is 10.5 Å². The van der Waals surface area contributed by atoms with Crippen molar-refractivity contribution in [3.63, 3.8) is 0 Å². The molecule has 5 saturated carbocycles. The van der Waals surface area contributed by atoms with Gasteiger partial charge in [0.05, 0.1) is 49.1 Å². The van der Waals surface area contributed by atoms with Crippen LogP contribution in [0.15, 0.2) is 31.0 Å². The number of amides is 7. The molecule has 0 spiro atoms. The average Bonchev–Trinajstić information content (AvgIpc) is 0.795. The Morgan fingerprint density at radius 1 is 0.349 bits per heavy atom. The number of rotatable bonds is 19. The van der Waals surface area contributed by atoms with E-state index in [1.807, 2.05) is 89.2 Å². The first-order chi connectivity index (χ1) is 60.9. The summed E-state index contributed by atoms with van der Waals surface area (Å²) >= 11 is 22.7. The molecule has 20 N–H and O–H groups in total. The first-order valence-corrected chi connectivity index (χ1v) is 45.3. The van der Waals surface area contributed by atoms with Gasteiger partial charge in [0, 0.05) is 80.8 Å². The maximum Gasteiger partial charge on any atom is 0.407 e. The van der Waals surface area contributed by atoms with Gasteiger partial charge in [-0.1, -0.05) is 111 Å². The van der Waals surface area contributed by atoms with Gasteiger partial charge in [0.1, 0.15) is 63.0 Å². The molecule has 710 valence electrons. The van der Waals surface area contributed by atoms with Crippen molar-refractivity contribution < 1.29 is 62.0 Å². The predicted octanol–water partition coefficient (Wildman–Crippen LogP) is 12.4. The number of hydrogen-bond acceptors (Lipinski definition) is 33. The molecule has 7 amide bonds. The average molecular weight is 1880 g/mol. The molecule has 7 heterocycles. The van der Waals surface area contributed by atoms with E-state index in [2.05, 4.69) is 103 Å². The Bertz CT molecular complexity index is 4570. The van der Waals surface area contributed by atoms with E-state index in [1.54, 1.807) is 12.3 Å². The zero-order valence-corrected chi connectivity index (χ0v) is 78.7. The van der Waals surface area contributed by atoms with Crippen LogP contribution in [0, 0.1) is 22.7 Å². The highest BCUT2D eigenvalue weighted by Crippen LogP contribution is 2.30. The highest BCUT2D eigenvalue weighted by Gasteiger charge is 2.35. The fraction of sp³-hybridized carbons (Fsp3) is 0.659. The molecule has 40 nitrogen and oxygen atoms in total. The molecule has 7 fully saturated rings. The number of hydrogen-bond donors (Lipinski definition) is 15. The van der Waals surface area contributed by atoms with Gasteiger partial charge in [0.15, 0.2) is 55.6 Å². The summed E-state index contributed by atoms with van der Waals surface area (Å²) in [6.45, 7) is 24.8. The summed E-state index contributed by atoms with van der Waals surface area (Å²) in [4.78, 5) is 123. The van der Waals surface area contributed by atoms with E-state index in [-0.39, 0.29) is 128 Å². The quantitative estimate of drug-likeness (QED) is 0.0341. The van der Waals surface area contributed by atoms with Gasteiger partial charge in [0.2, 0.25) is 0 Å². The lowest BCUT2D eigenvalue weighted by molar-refractivity contribution is 0.0475. The Kier molecular flexibility index (Phi) is 42.1. The van der Waals surface area contributed by atoms with Gasteiger partial charge in [-0.15, -0.1) is 0 Å². The highest BCUT2D eigenvalue weighted by molar-refractivity contribution is 6.33. The minimum Gasteiger partial charge on any atom is -0.444 e. The molecule has 5 aromatic rings. The van der Waals surface area contributed by atoms with Crippen LogP contribution in [0.2, 0.25) is 20.6 Å². The van der Waals surface area contributed by atoms with E-state index < -0.39 is 58.4 Å². The number of aromatic nitrogens is 10. The van der Waals surface area contributed by atoms with E-state index in [1.165, 1.54) is 31.2 Å². The van der Waals surface area contributed by atoms with E-state index in [9.17, 15) is 33.6 Å². The zero-order valence-electron chi connectivity index (χ0n) is 75.7. The van der Waals surface area contributed by atoms with Crippen LogP contribution in [0.3, 0.4) is 0 Å². The maximum absolute atomic E-state index is 12.3. The van der Waals surface area contributed by atoms with Crippen molar-refractivity contribution in [2.45, 2.75) is 332 Å². The molecule has 0 radical (unpaired) electrons. The lowest BCUT2D eigenvalue weighted by Crippen LogP contribution is -2.50. The van der Waals surface area contributed by atoms with Gasteiger partial charge in [0.25, 0.3) is 17.7 Å². The number of carbonyl (C=O) groups is 7. The molecule has 10 atom stereocenters. The summed E-state index contributed by atoms with van der Waals surface area (Å²) in [5.41, 5.74) is 26.5. The fourth-order valence-electron chi connectivity index (χ4n) is 14.8. The van der Waals surface area contributed by atoms with Gasteiger partial charge in [-0.2, -0.15) is 10.5 Å². The van der Waals surface area contributed by atoms with E-state index in [4.69, 9.17) is 114 Å². The SMILES string of the molecule is CC(C)(C)OC(=O)N[C@H]1CCCC[C@H]1N.CC(C)(C)OC(=O)N[C@H]1CCCC[C@H]1Nc1cnc(C#N)c(Cl)n1.CC(C)(C)OC(=O)N[C@H]1CCCC[C@H]1Nc1cnc(C(N)=O)c(Cl)n1.CC(C)(C)OC(=O)N[C@H]1CCCC[C@H]1Nc1cnc(C(N)=O)c(NC2CCOCC2)n1.N#Cc1ncc(Cl)nc1Cl.NC(=O)c1ncc(N[C@@H]2CCCC[C@@H]2N)nc1NC1CCOCC1. The Labute approximate surface area is 774 Å². The van der Waals surface area contributed by atoms with E-state index in [0.29, 0.717) is 61.3 Å². The van der Waals surface area contributed by atoms with Gasteiger partial charge in [-0.25, -0.2) is 69.0 Å². The van der Waals surface area contributed by atoms with Crippen molar-refractivity contribution in [2.24, 2.45) is 28.7 Å². The second kappa shape index (κ2) is 51.3. The fourth-order valence-corrected chi connectivity index (χ4v) is 15.6. The van der Waals surface area contributed by atoms with Crippen LogP contribution < -0.4 is 81.8 Å². The molecular formula is C85H129Cl4N27O13. The molecular weight excluding hydrogens is 1750 g/mol. The largest absolute Gasteiger partial charge is 0.444 e. The molecule has 5 aromatic heterocycles. The number of nitrogens with two attached hydrogens (primary N) is 5. The standard InChI is InChI=1S/C21H34N6O4.C16H24ClN5O3.C16H22ClN5O2.C16H26N6O2.C11H22N2O2.C5HCl2N3/c1-21(2,3)31-20(29)26-15-7-5-4-6-14(15)25-16-12-23-17(18(22)28)19(27-16)24-13-8-10-30-11-9-13;1-16(2,3)25-15(24)21-10-7-5-4-6-9(10)20-11-8-19-12(14(18)23)13(17)22-11;1-16(2,3)24-15(23)21-11-7-5-4-6-10(11)20-13-9-19-12(8-18)14(17)22-13;17-11-3-1-2-4-12(11)21-13-9-19-14(15(18)23)16(22-13)20-10-5-7-24-8-6-10;1-11(2,3)15-10(14)13-9-7-5-4-6-8(9)12;6-4-2-9-3(1-8)5(7)10-4/h12-15H,4-11H2,1-3H3,(H2,22,28)(H,26,29)(H2,24,25,27);8-10H,4-7H2,1-3H3,(H2,18,23)(H,20,22)(H,21,24);9-11H,4-7H2,1-3H3,(H,20,22)(H,21,23);9-12H,1-8,17H2,(H2,18,23)(H2,20,21,22);8-9H,4-7,12H2,1-3H3,(H,13,14);2H/t14-,15+;9-,10+;10-,11+;11-,12+;8-,9+;/m11101./s1. The molecule has 0 bridgehead atoms. The lowest BCUT2D eigenvalue weighted by Gasteiger charge is -2.33. The number of ether oxygens (including phenoxy) is 6. The molecule has 5 aliphatic carbocycles. The number of alkyl carbamates (subject to hydrolysis) is 4. The van der Waals surface area contributed by atoms with Crippen molar-refractivity contribution in [3.05, 3.63) is 80.1 Å². The summed E-state index contributed by atoms with van der Waals surface area (Å²) in [5.74, 6) is 0.930. The molecule has 129 heavy (non-hydrogen) atoms. The number of halogens is 4. The molecule has 12 rings (SSSR count). The summed E-state index contributed by atoms with van der Waals surface area (Å²) in [6.07, 6.45) is 28.9. The second-order valence-electron chi connectivity index (χ2n) is 36.2. The van der Waals surface area contributed by atoms with Crippen molar-refractivity contribution in [1.82, 2.24) is 71.1 Å². The lowest BCUT2D eigenvalue weighted by atomic mass is 9.90. The molecule has 7 aliphatic rings. The summed E-state index contributed by atoms with van der Waals surface area (Å²) in [6, 6.07) is 4.13. The number of nitrogens with zero attached hydrogens (tertiary/aromatic N) is 12. The monoisotopic (exact) mass is 1880 g/mol. The van der Waals surface area contributed by atoms with Crippen LogP contribution in [0.25, 0.3) is 0 Å². The predicted molar refractivity (Wildman–Crippen MR) is 491 cm³/mol. The first kappa shape index (κ1) is 106. The molecule has 44 heteroatoms. The number of anilines is 6. The topological polar surface area (TPSA) is 602 Å². The van der Waals surface area contributed by atoms with E-state index >= 15 is 0 Å². The van der Waals surface area contributed by atoms with Crippen LogP contribution in [0.5, 0.6) is 0 Å². The second-order valence-corrected chi connectivity index (χ2v) is 37.6. The smallest absolute Gasteiger partial charge is 0.407 e. The van der Waals surface area contributed by atoms with Crippen LogP contribution in [0.4, 0.5) is 54.1 Å². The van der Waals surface area contributed by atoms with Crippen LogP contribution >= 0.6 is 46.4 Å². The Morgan fingerprint density at radius 2 is 0.620 bits per heavy atom. The van der Waals surface area contributed by atoms with Gasteiger partial charge in [-0.05, 0) is 173 Å². The summed E-state index contributed by atoms with van der Waals surface area (Å²) in [5, 5.41) is 48.9. The third-order valence-corrected chi connectivity index (χ3v) is 21.8. The third kappa shape index (κ3) is 38.7. The van der Waals surface area contributed by atoms with Gasteiger partial charge < -0.3 is 110 Å². The Morgan fingerprint density at radius 3 is 0.930 bits per heavy atom. The van der Waals surface area contributed by atoms with Crippen LogP contribution in [-0.4, -0.2) is 213 Å². The Hall–Kier alpha value is -10.3. The zero-order chi connectivity index (χ0) is 94.8. The minimum atomic E-state index is -0.730. The number of primary amides is 3. The third-order valence-electron chi connectivity index (χ3n) is 20.8. The normalized spacial score (nSPS) is 21.8. The van der Waals surface area contributed by atoms with Crippen molar-refractivity contribution in [2.75, 3.05) is 58.3 Å². The van der Waals surface area contributed by atoms with Crippen LogP contribution in [-0.2, 0) is 28.4 Å². The minimum absolute atomic E-state index is 0.00423. The summed E-state index contributed by atoms with van der Waals surface area (Å²) in [7, 11) is 0. The molecule has 2 aliphatic heterocycles. The number of nitriles is 2. The highest BCUT2D eigenvalue weighted by atomic mass is 35.5. The molecule has 2 saturated heterocycles. The molecule has 0 aromatic carbocycles. The van der Waals surface area contributed by atoms with Crippen LogP contribution in [0.1, 0.15) is 280 Å². The van der Waals surface area contributed by atoms with Gasteiger partial charge >= 0.3 is 24.4 Å². The first-order valence-electron chi connectivity index (χ1n) is 43.8. The maximum atomic E-state index is 12.3. The number of nitrogens with one attached hydrogen (secondary N) is 10. The van der Waals surface area contributed by atoms with Crippen molar-refractivity contribution >= 4 is 123 Å². The number of carbonyl (C=O) groups excluding carboxylic acids is 7. The van der Waals surface area contributed by atoms with Crippen molar-refractivity contribution in [3.8, 4) is 12.1 Å².